The zero-order valence-electron chi connectivity index (χ0n) is 11.7. The summed E-state index contributed by atoms with van der Waals surface area (Å²) in [5.74, 6) is 0.234. The number of carbonyl (C=O) groups is 1. The predicted octanol–water partition coefficient (Wildman–Crippen LogP) is 3.25. The van der Waals surface area contributed by atoms with Crippen LogP contribution in [-0.4, -0.2) is 12.5 Å². The van der Waals surface area contributed by atoms with Crippen LogP contribution in [0.4, 0.5) is 5.69 Å². The number of carbonyl (C=O) groups excluding carboxylic acids is 1. The molecule has 0 radical (unpaired) electrons. The molecule has 0 fully saturated rings. The zero-order chi connectivity index (χ0) is 15.2. The maximum absolute atomic E-state index is 12.3. The molecule has 0 spiro atoms. The van der Waals surface area contributed by atoms with Gasteiger partial charge in [0.15, 0.2) is 0 Å². The Morgan fingerprint density at radius 2 is 1.95 bits per heavy atom. The Bertz CT molecular complexity index is 627. The Balaban J connectivity index is 2.11. The number of nitrogens with one attached hydrogen (secondary N) is 1. The first-order valence-electron chi connectivity index (χ1n) is 6.65. The number of hydrogen-bond donors (Lipinski definition) is 2. The van der Waals surface area contributed by atoms with Crippen molar-refractivity contribution in [2.75, 3.05) is 12.3 Å². The molecule has 0 saturated heterocycles. The van der Waals surface area contributed by atoms with E-state index in [2.05, 4.69) is 5.32 Å². The van der Waals surface area contributed by atoms with Gasteiger partial charge in [-0.15, -0.1) is 0 Å². The molecule has 110 valence electrons. The highest BCUT2D eigenvalue weighted by atomic mass is 35.5. The van der Waals surface area contributed by atoms with Crippen LogP contribution in [0.3, 0.4) is 0 Å². The van der Waals surface area contributed by atoms with Gasteiger partial charge in [-0.1, -0.05) is 29.8 Å². The van der Waals surface area contributed by atoms with E-state index in [-0.39, 0.29) is 5.91 Å². The first-order chi connectivity index (χ1) is 10.1. The topological polar surface area (TPSA) is 64.3 Å². The Morgan fingerprint density at radius 1 is 1.24 bits per heavy atom. The number of benzene rings is 2. The first-order valence-corrected chi connectivity index (χ1v) is 7.03. The van der Waals surface area contributed by atoms with E-state index < -0.39 is 0 Å². The van der Waals surface area contributed by atoms with Crippen LogP contribution in [0.25, 0.3) is 0 Å². The molecule has 0 saturated carbocycles. The third-order valence-electron chi connectivity index (χ3n) is 2.95. The van der Waals surface area contributed by atoms with E-state index in [1.807, 2.05) is 19.1 Å². The van der Waals surface area contributed by atoms with Crippen LogP contribution in [0.15, 0.2) is 42.5 Å². The number of rotatable bonds is 5. The van der Waals surface area contributed by atoms with E-state index in [0.717, 1.165) is 5.56 Å². The molecule has 5 heteroatoms. The maximum atomic E-state index is 12.3. The molecule has 0 aliphatic carbocycles. The van der Waals surface area contributed by atoms with E-state index in [9.17, 15) is 4.79 Å². The Kier molecular flexibility index (Phi) is 5.06. The molecule has 4 nitrogen and oxygen atoms in total. The van der Waals surface area contributed by atoms with Gasteiger partial charge in [0.25, 0.3) is 5.91 Å². The summed E-state index contributed by atoms with van der Waals surface area (Å²) in [5, 5.41) is 3.50. The summed E-state index contributed by atoms with van der Waals surface area (Å²) in [5.41, 5.74) is 7.61. The second-order valence-electron chi connectivity index (χ2n) is 4.46. The summed E-state index contributed by atoms with van der Waals surface area (Å²) in [6.07, 6.45) is 0. The lowest BCUT2D eigenvalue weighted by atomic mass is 10.1. The number of hydrogen-bond acceptors (Lipinski definition) is 3. The molecule has 2 aromatic rings. The van der Waals surface area contributed by atoms with Crippen molar-refractivity contribution in [2.24, 2.45) is 0 Å². The van der Waals surface area contributed by atoms with Crippen LogP contribution in [0, 0.1) is 0 Å². The molecule has 0 heterocycles. The predicted molar refractivity (Wildman–Crippen MR) is 84.6 cm³/mol. The van der Waals surface area contributed by atoms with E-state index in [1.165, 1.54) is 0 Å². The standard InChI is InChI=1S/C16H17ClN2O2/c1-2-21-14-5-3-4-13(18)15(14)16(20)19-10-11-6-8-12(17)9-7-11/h3-9H,2,10,18H2,1H3,(H,19,20). The molecule has 0 aliphatic rings. The lowest BCUT2D eigenvalue weighted by Gasteiger charge is -2.12. The van der Waals surface area contributed by atoms with E-state index in [4.69, 9.17) is 22.1 Å². The van der Waals surface area contributed by atoms with Crippen LogP contribution < -0.4 is 15.8 Å². The highest BCUT2D eigenvalue weighted by molar-refractivity contribution is 6.30. The third kappa shape index (κ3) is 3.89. The first kappa shape index (κ1) is 15.2. The van der Waals surface area contributed by atoms with Crippen molar-refractivity contribution in [2.45, 2.75) is 13.5 Å². The summed E-state index contributed by atoms with van der Waals surface area (Å²) < 4.78 is 5.45. The number of anilines is 1. The lowest BCUT2D eigenvalue weighted by Crippen LogP contribution is -2.24. The van der Waals surface area contributed by atoms with E-state index >= 15 is 0 Å². The number of nitrogens with two attached hydrogens (primary N) is 1. The average molecular weight is 305 g/mol. The van der Waals surface area contributed by atoms with Crippen LogP contribution in [-0.2, 0) is 6.54 Å². The number of amides is 1. The van der Waals surface area contributed by atoms with E-state index in [1.54, 1.807) is 30.3 Å². The molecule has 0 aromatic heterocycles. The maximum Gasteiger partial charge on any atom is 0.257 e. The fourth-order valence-corrected chi connectivity index (χ4v) is 2.07. The molecule has 1 amide bonds. The van der Waals surface area contributed by atoms with E-state index in [0.29, 0.717) is 35.2 Å². The SMILES string of the molecule is CCOc1cccc(N)c1C(=O)NCc1ccc(Cl)cc1. The molecule has 0 bridgehead atoms. The normalized spacial score (nSPS) is 10.2. The molecule has 2 rings (SSSR count). The van der Waals surface area contributed by atoms with Crippen molar-refractivity contribution in [3.8, 4) is 5.75 Å². The van der Waals surface area contributed by atoms with Gasteiger partial charge in [-0.05, 0) is 36.8 Å². The highest BCUT2D eigenvalue weighted by Crippen LogP contribution is 2.24. The zero-order valence-corrected chi connectivity index (χ0v) is 12.5. The molecule has 2 aromatic carbocycles. The fourth-order valence-electron chi connectivity index (χ4n) is 1.94. The second-order valence-corrected chi connectivity index (χ2v) is 4.90. The lowest BCUT2D eigenvalue weighted by molar-refractivity contribution is 0.0948. The van der Waals surface area contributed by atoms with Crippen LogP contribution in [0.5, 0.6) is 5.75 Å². The van der Waals surface area contributed by atoms with Gasteiger partial charge < -0.3 is 15.8 Å². The van der Waals surface area contributed by atoms with Gasteiger partial charge in [0.05, 0.1) is 6.61 Å². The van der Waals surface area contributed by atoms with Crippen molar-refractivity contribution in [1.29, 1.82) is 0 Å². The van der Waals surface area contributed by atoms with Gasteiger partial charge in [-0.3, -0.25) is 4.79 Å². The molecule has 0 unspecified atom stereocenters. The van der Waals surface area contributed by atoms with Gasteiger partial charge in [0.1, 0.15) is 11.3 Å². The summed E-state index contributed by atoms with van der Waals surface area (Å²) >= 11 is 5.83. The minimum Gasteiger partial charge on any atom is -0.493 e. The van der Waals surface area contributed by atoms with Crippen molar-refractivity contribution < 1.29 is 9.53 Å². The number of halogens is 1. The van der Waals surface area contributed by atoms with Crippen molar-refractivity contribution in [1.82, 2.24) is 5.32 Å². The van der Waals surface area contributed by atoms with Gasteiger partial charge >= 0.3 is 0 Å². The molecular formula is C16H17ClN2O2. The Labute approximate surface area is 128 Å². The van der Waals surface area contributed by atoms with Crippen molar-refractivity contribution >= 4 is 23.2 Å². The Morgan fingerprint density at radius 3 is 2.62 bits per heavy atom. The summed E-state index contributed by atoms with van der Waals surface area (Å²) in [7, 11) is 0. The van der Waals surface area contributed by atoms with Gasteiger partial charge in [-0.2, -0.15) is 0 Å². The molecular weight excluding hydrogens is 288 g/mol. The quantitative estimate of drug-likeness (QED) is 0.833. The van der Waals surface area contributed by atoms with Gasteiger partial charge in [0.2, 0.25) is 0 Å². The minimum atomic E-state index is -0.258. The molecule has 3 N–H and O–H groups in total. The molecule has 0 atom stereocenters. The summed E-state index contributed by atoms with van der Waals surface area (Å²) in [6, 6.07) is 12.5. The highest BCUT2D eigenvalue weighted by Gasteiger charge is 2.15. The minimum absolute atomic E-state index is 0.258. The van der Waals surface area contributed by atoms with Crippen LogP contribution in [0.1, 0.15) is 22.8 Å². The van der Waals surface area contributed by atoms with Gasteiger partial charge in [-0.25, -0.2) is 0 Å². The Hall–Kier alpha value is -2.20. The number of ether oxygens (including phenoxy) is 1. The third-order valence-corrected chi connectivity index (χ3v) is 3.20. The largest absolute Gasteiger partial charge is 0.493 e. The fraction of sp³-hybridized carbons (Fsp3) is 0.188. The summed E-state index contributed by atoms with van der Waals surface area (Å²) in [6.45, 7) is 2.73. The van der Waals surface area contributed by atoms with Crippen LogP contribution in [0.2, 0.25) is 5.02 Å². The molecule has 0 aliphatic heterocycles. The van der Waals surface area contributed by atoms with Crippen molar-refractivity contribution in [3.63, 3.8) is 0 Å². The monoisotopic (exact) mass is 304 g/mol. The molecule has 21 heavy (non-hydrogen) atoms. The second kappa shape index (κ2) is 6.99. The average Bonchev–Trinajstić information content (AvgIpc) is 2.47. The van der Waals surface area contributed by atoms with Crippen molar-refractivity contribution in [3.05, 3.63) is 58.6 Å². The smallest absolute Gasteiger partial charge is 0.257 e. The van der Waals surface area contributed by atoms with Crippen LogP contribution >= 0.6 is 11.6 Å². The number of nitrogen functional groups attached to an aromatic ring is 1. The summed E-state index contributed by atoms with van der Waals surface area (Å²) in [4.78, 5) is 12.3. The van der Waals surface area contributed by atoms with Gasteiger partial charge in [0, 0.05) is 17.3 Å².